The van der Waals surface area contributed by atoms with Crippen LogP contribution in [0.3, 0.4) is 0 Å². The summed E-state index contributed by atoms with van der Waals surface area (Å²) in [4.78, 5) is 0. The third kappa shape index (κ3) is 2.29. The standard InChI is InChI=1S/C10H15F3O/c1-7(2)9(14)5-3-8(4-6-9)10(11,12)13/h8,14H,1,3-6H2,2H3. The lowest BCUT2D eigenvalue weighted by atomic mass is 9.75. The van der Waals surface area contributed by atoms with Crippen LogP contribution in [0.2, 0.25) is 0 Å². The van der Waals surface area contributed by atoms with E-state index < -0.39 is 17.7 Å². The fourth-order valence-corrected chi connectivity index (χ4v) is 1.85. The van der Waals surface area contributed by atoms with Crippen molar-refractivity contribution in [1.29, 1.82) is 0 Å². The Morgan fingerprint density at radius 3 is 2.07 bits per heavy atom. The van der Waals surface area contributed by atoms with Gasteiger partial charge < -0.3 is 5.11 Å². The lowest BCUT2D eigenvalue weighted by Gasteiger charge is -2.37. The van der Waals surface area contributed by atoms with E-state index in [0.717, 1.165) is 0 Å². The van der Waals surface area contributed by atoms with Gasteiger partial charge >= 0.3 is 6.18 Å². The van der Waals surface area contributed by atoms with Gasteiger partial charge in [-0.3, -0.25) is 0 Å². The van der Waals surface area contributed by atoms with Crippen molar-refractivity contribution in [2.75, 3.05) is 0 Å². The summed E-state index contributed by atoms with van der Waals surface area (Å²) >= 11 is 0. The molecule has 0 heterocycles. The Balaban J connectivity index is 2.59. The maximum atomic E-state index is 12.3. The number of hydrogen-bond acceptors (Lipinski definition) is 1. The van der Waals surface area contributed by atoms with E-state index in [1.165, 1.54) is 0 Å². The molecule has 0 spiro atoms. The van der Waals surface area contributed by atoms with Crippen molar-refractivity contribution >= 4 is 0 Å². The van der Waals surface area contributed by atoms with Gasteiger partial charge in [0.2, 0.25) is 0 Å². The SMILES string of the molecule is C=C(C)C1(O)CCC(C(F)(F)F)CC1. The lowest BCUT2D eigenvalue weighted by molar-refractivity contribution is -0.189. The van der Waals surface area contributed by atoms with Gasteiger partial charge in [-0.25, -0.2) is 0 Å². The maximum Gasteiger partial charge on any atom is 0.391 e. The second-order valence-electron chi connectivity index (χ2n) is 4.13. The number of alkyl halides is 3. The van der Waals surface area contributed by atoms with Crippen LogP contribution >= 0.6 is 0 Å². The Bertz CT molecular complexity index is 224. The van der Waals surface area contributed by atoms with Crippen molar-refractivity contribution in [2.45, 2.75) is 44.4 Å². The molecule has 1 fully saturated rings. The van der Waals surface area contributed by atoms with Gasteiger partial charge in [-0.1, -0.05) is 6.58 Å². The van der Waals surface area contributed by atoms with Crippen molar-refractivity contribution in [3.63, 3.8) is 0 Å². The van der Waals surface area contributed by atoms with Crippen LogP contribution in [0.5, 0.6) is 0 Å². The maximum absolute atomic E-state index is 12.3. The highest BCUT2D eigenvalue weighted by molar-refractivity contribution is 5.11. The van der Waals surface area contributed by atoms with E-state index in [2.05, 4.69) is 6.58 Å². The predicted molar refractivity (Wildman–Crippen MR) is 47.8 cm³/mol. The summed E-state index contributed by atoms with van der Waals surface area (Å²) in [5.74, 6) is -1.25. The molecule has 0 radical (unpaired) electrons. The summed E-state index contributed by atoms with van der Waals surface area (Å²) in [5, 5.41) is 9.87. The molecule has 1 nitrogen and oxygen atoms in total. The van der Waals surface area contributed by atoms with E-state index in [0.29, 0.717) is 5.57 Å². The van der Waals surface area contributed by atoms with Crippen LogP contribution in [-0.2, 0) is 0 Å². The van der Waals surface area contributed by atoms with Crippen LogP contribution in [0, 0.1) is 5.92 Å². The van der Waals surface area contributed by atoms with Gasteiger partial charge in [0.15, 0.2) is 0 Å². The quantitative estimate of drug-likeness (QED) is 0.656. The van der Waals surface area contributed by atoms with Gasteiger partial charge in [0.05, 0.1) is 11.5 Å². The highest BCUT2D eigenvalue weighted by Crippen LogP contribution is 2.43. The Hall–Kier alpha value is -0.510. The van der Waals surface area contributed by atoms with Crippen LogP contribution in [-0.4, -0.2) is 16.9 Å². The van der Waals surface area contributed by atoms with E-state index >= 15 is 0 Å². The molecule has 0 atom stereocenters. The third-order valence-electron chi connectivity index (χ3n) is 3.07. The zero-order valence-electron chi connectivity index (χ0n) is 8.19. The highest BCUT2D eigenvalue weighted by atomic mass is 19.4. The average Bonchev–Trinajstić information content (AvgIpc) is 2.03. The first-order chi connectivity index (χ1) is 6.26. The Labute approximate surface area is 81.6 Å². The van der Waals surface area contributed by atoms with Crippen molar-refractivity contribution in [3.05, 3.63) is 12.2 Å². The van der Waals surface area contributed by atoms with Crippen LogP contribution in [0.25, 0.3) is 0 Å². The molecule has 0 aromatic carbocycles. The molecule has 4 heteroatoms. The molecule has 0 saturated heterocycles. The summed E-state index contributed by atoms with van der Waals surface area (Å²) in [7, 11) is 0. The first kappa shape index (κ1) is 11.6. The Kier molecular flexibility index (Phi) is 2.95. The van der Waals surface area contributed by atoms with Crippen LogP contribution in [0.15, 0.2) is 12.2 Å². The summed E-state index contributed by atoms with van der Waals surface area (Å²) in [6, 6.07) is 0. The molecular formula is C10H15F3O. The van der Waals surface area contributed by atoms with Gasteiger partial charge in [0.25, 0.3) is 0 Å². The zero-order valence-corrected chi connectivity index (χ0v) is 8.19. The first-order valence-electron chi connectivity index (χ1n) is 4.71. The molecular weight excluding hydrogens is 193 g/mol. The van der Waals surface area contributed by atoms with E-state index in [-0.39, 0.29) is 25.7 Å². The Morgan fingerprint density at radius 1 is 1.36 bits per heavy atom. The second-order valence-corrected chi connectivity index (χ2v) is 4.13. The number of halogens is 3. The van der Waals surface area contributed by atoms with Crippen molar-refractivity contribution in [2.24, 2.45) is 5.92 Å². The molecule has 0 aromatic heterocycles. The molecule has 1 rings (SSSR count). The van der Waals surface area contributed by atoms with Gasteiger partial charge in [0, 0.05) is 0 Å². The molecule has 0 aromatic rings. The molecule has 1 saturated carbocycles. The number of aliphatic hydroxyl groups is 1. The van der Waals surface area contributed by atoms with E-state index in [9.17, 15) is 18.3 Å². The zero-order chi connectivity index (χ0) is 11.0. The molecule has 0 amide bonds. The van der Waals surface area contributed by atoms with Crippen molar-refractivity contribution < 1.29 is 18.3 Å². The molecule has 0 bridgehead atoms. The second kappa shape index (κ2) is 3.57. The highest BCUT2D eigenvalue weighted by Gasteiger charge is 2.45. The third-order valence-corrected chi connectivity index (χ3v) is 3.07. The normalized spacial score (nSPS) is 34.2. The fourth-order valence-electron chi connectivity index (χ4n) is 1.85. The summed E-state index contributed by atoms with van der Waals surface area (Å²) in [6.07, 6.45) is -3.75. The summed E-state index contributed by atoms with van der Waals surface area (Å²) in [6.45, 7) is 5.27. The van der Waals surface area contributed by atoms with Crippen molar-refractivity contribution in [1.82, 2.24) is 0 Å². The van der Waals surface area contributed by atoms with E-state index in [4.69, 9.17) is 0 Å². The monoisotopic (exact) mass is 208 g/mol. The molecule has 14 heavy (non-hydrogen) atoms. The summed E-state index contributed by atoms with van der Waals surface area (Å²) < 4.78 is 36.9. The fraction of sp³-hybridized carbons (Fsp3) is 0.800. The van der Waals surface area contributed by atoms with E-state index in [1.807, 2.05) is 0 Å². The number of hydrogen-bond donors (Lipinski definition) is 1. The first-order valence-corrected chi connectivity index (χ1v) is 4.71. The molecule has 82 valence electrons. The minimum Gasteiger partial charge on any atom is -0.386 e. The average molecular weight is 208 g/mol. The predicted octanol–water partition coefficient (Wildman–Crippen LogP) is 3.05. The summed E-state index contributed by atoms with van der Waals surface area (Å²) in [5.41, 5.74) is -0.500. The Morgan fingerprint density at radius 2 is 1.79 bits per heavy atom. The number of rotatable bonds is 1. The van der Waals surface area contributed by atoms with Gasteiger partial charge in [-0.2, -0.15) is 13.2 Å². The molecule has 1 N–H and O–H groups in total. The molecule has 0 aliphatic heterocycles. The smallest absolute Gasteiger partial charge is 0.386 e. The molecule has 1 aliphatic carbocycles. The van der Waals surface area contributed by atoms with Crippen LogP contribution < -0.4 is 0 Å². The minimum absolute atomic E-state index is 0.00681. The molecule has 1 aliphatic rings. The van der Waals surface area contributed by atoms with Gasteiger partial charge in [-0.05, 0) is 38.2 Å². The van der Waals surface area contributed by atoms with Crippen molar-refractivity contribution in [3.8, 4) is 0 Å². The van der Waals surface area contributed by atoms with Gasteiger partial charge in [-0.15, -0.1) is 0 Å². The minimum atomic E-state index is -4.11. The van der Waals surface area contributed by atoms with Gasteiger partial charge in [0.1, 0.15) is 0 Å². The van der Waals surface area contributed by atoms with Crippen LogP contribution in [0.1, 0.15) is 32.6 Å². The largest absolute Gasteiger partial charge is 0.391 e. The molecule has 0 unspecified atom stereocenters. The van der Waals surface area contributed by atoms with Crippen LogP contribution in [0.4, 0.5) is 13.2 Å². The topological polar surface area (TPSA) is 20.2 Å². The lowest BCUT2D eigenvalue weighted by Crippen LogP contribution is -2.38. The van der Waals surface area contributed by atoms with E-state index in [1.54, 1.807) is 6.92 Å².